The largest absolute Gasteiger partial charge is 0.325 e. The van der Waals surface area contributed by atoms with Crippen LogP contribution in [-0.2, 0) is 4.79 Å². The first kappa shape index (κ1) is 16.8. The average molecular weight is 336 g/mol. The monoisotopic (exact) mass is 336 g/mol. The van der Waals surface area contributed by atoms with Crippen molar-refractivity contribution in [1.82, 2.24) is 14.6 Å². The van der Waals surface area contributed by atoms with E-state index in [1.54, 1.807) is 22.8 Å². The van der Waals surface area contributed by atoms with Gasteiger partial charge in [-0.2, -0.15) is 5.10 Å². The van der Waals surface area contributed by atoms with E-state index in [1.165, 1.54) is 0 Å². The minimum atomic E-state index is -0.198. The fourth-order valence-electron chi connectivity index (χ4n) is 2.66. The predicted molar refractivity (Wildman–Crippen MR) is 95.8 cm³/mol. The topological polar surface area (TPSA) is 76.4 Å². The van der Waals surface area contributed by atoms with E-state index in [0.717, 1.165) is 16.8 Å². The molecule has 1 aromatic carbocycles. The van der Waals surface area contributed by atoms with Gasteiger partial charge in [0, 0.05) is 18.4 Å². The number of benzene rings is 1. The number of nitrogens with zero attached hydrogens (tertiary/aromatic N) is 3. The maximum Gasteiger partial charge on any atom is 0.224 e. The highest BCUT2D eigenvalue weighted by Gasteiger charge is 2.11. The zero-order valence-electron chi connectivity index (χ0n) is 14.5. The normalized spacial score (nSPS) is 10.8. The second-order valence-electron chi connectivity index (χ2n) is 6.18. The fraction of sp³-hybridized carbons (Fsp3) is 0.263. The third kappa shape index (κ3) is 3.91. The van der Waals surface area contributed by atoms with Crippen LogP contribution in [0.15, 0.2) is 36.5 Å². The Hall–Kier alpha value is -3.02. The molecule has 0 radical (unpaired) electrons. The minimum absolute atomic E-state index is 0.0336. The molecule has 0 saturated heterocycles. The molecule has 0 fully saturated rings. The van der Waals surface area contributed by atoms with E-state index in [0.29, 0.717) is 17.1 Å². The summed E-state index contributed by atoms with van der Waals surface area (Å²) in [5.41, 5.74) is 4.07. The smallest absolute Gasteiger partial charge is 0.224 e. The van der Waals surface area contributed by atoms with Gasteiger partial charge in [-0.1, -0.05) is 29.8 Å². The first-order valence-electron chi connectivity index (χ1n) is 8.16. The molecule has 0 atom stereocenters. The standard InChI is InChI=1S/C19H20N4O2/c1-12-4-6-15(7-5-12)17(24)8-9-18(25)21-16-10-13(2)19-20-14(3)22-23(19)11-16/h4-7,10-11H,8-9H2,1-3H3,(H,21,25). The minimum Gasteiger partial charge on any atom is -0.325 e. The number of aromatic nitrogens is 3. The summed E-state index contributed by atoms with van der Waals surface area (Å²) >= 11 is 0. The number of anilines is 1. The Balaban J connectivity index is 1.62. The van der Waals surface area contributed by atoms with Gasteiger partial charge >= 0.3 is 0 Å². The van der Waals surface area contributed by atoms with Gasteiger partial charge in [-0.25, -0.2) is 9.50 Å². The number of carbonyl (C=O) groups excluding carboxylic acids is 2. The van der Waals surface area contributed by atoms with Crippen LogP contribution in [0.25, 0.3) is 5.65 Å². The summed E-state index contributed by atoms with van der Waals surface area (Å²) in [5, 5.41) is 7.08. The SMILES string of the molecule is Cc1ccc(C(=O)CCC(=O)Nc2cc(C)c3nc(C)nn3c2)cc1. The Kier molecular flexibility index (Phi) is 4.61. The van der Waals surface area contributed by atoms with Gasteiger partial charge in [-0.15, -0.1) is 0 Å². The third-order valence-corrected chi connectivity index (χ3v) is 3.96. The Bertz CT molecular complexity index is 942. The van der Waals surface area contributed by atoms with Gasteiger partial charge < -0.3 is 5.32 Å². The van der Waals surface area contributed by atoms with Crippen LogP contribution in [0.4, 0.5) is 5.69 Å². The maximum absolute atomic E-state index is 12.1. The fourth-order valence-corrected chi connectivity index (χ4v) is 2.66. The highest BCUT2D eigenvalue weighted by Crippen LogP contribution is 2.16. The van der Waals surface area contributed by atoms with E-state index in [2.05, 4.69) is 15.4 Å². The molecule has 2 aromatic heterocycles. The van der Waals surface area contributed by atoms with Gasteiger partial charge in [0.1, 0.15) is 5.82 Å². The number of hydrogen-bond donors (Lipinski definition) is 1. The number of pyridine rings is 1. The van der Waals surface area contributed by atoms with E-state index in [9.17, 15) is 9.59 Å². The number of nitrogens with one attached hydrogen (secondary N) is 1. The molecule has 3 rings (SSSR count). The molecule has 2 heterocycles. The second-order valence-corrected chi connectivity index (χ2v) is 6.18. The highest BCUT2D eigenvalue weighted by molar-refractivity contribution is 6.00. The van der Waals surface area contributed by atoms with Crippen LogP contribution in [0.5, 0.6) is 0 Å². The number of ketones is 1. The van der Waals surface area contributed by atoms with Crippen molar-refractivity contribution in [2.75, 3.05) is 5.32 Å². The quantitative estimate of drug-likeness (QED) is 0.726. The Morgan fingerprint density at radius 3 is 2.52 bits per heavy atom. The lowest BCUT2D eigenvalue weighted by molar-refractivity contribution is -0.116. The van der Waals surface area contributed by atoms with Gasteiger partial charge in [0.2, 0.25) is 5.91 Å². The number of hydrogen-bond acceptors (Lipinski definition) is 4. The molecule has 0 unspecified atom stereocenters. The number of Topliss-reactive ketones (excluding diaryl/α,β-unsaturated/α-hetero) is 1. The first-order chi connectivity index (χ1) is 11.9. The highest BCUT2D eigenvalue weighted by atomic mass is 16.2. The van der Waals surface area contributed by atoms with Gasteiger partial charge in [0.05, 0.1) is 11.9 Å². The summed E-state index contributed by atoms with van der Waals surface area (Å²) in [6.45, 7) is 5.71. The molecule has 1 N–H and O–H groups in total. The summed E-state index contributed by atoms with van der Waals surface area (Å²) in [7, 11) is 0. The molecular weight excluding hydrogens is 316 g/mol. The molecule has 0 aliphatic heterocycles. The van der Waals surface area contributed by atoms with Crippen LogP contribution in [-0.4, -0.2) is 26.3 Å². The second kappa shape index (κ2) is 6.84. The Morgan fingerprint density at radius 1 is 1.08 bits per heavy atom. The van der Waals surface area contributed by atoms with Crippen LogP contribution in [0.2, 0.25) is 0 Å². The number of fused-ring (bicyclic) bond motifs is 1. The summed E-state index contributed by atoms with van der Waals surface area (Å²) in [5.74, 6) is 0.444. The lowest BCUT2D eigenvalue weighted by atomic mass is 10.0. The summed E-state index contributed by atoms with van der Waals surface area (Å²) in [4.78, 5) is 28.6. The lowest BCUT2D eigenvalue weighted by Gasteiger charge is -2.07. The van der Waals surface area contributed by atoms with E-state index < -0.39 is 0 Å². The molecule has 1 amide bonds. The first-order valence-corrected chi connectivity index (χ1v) is 8.16. The van der Waals surface area contributed by atoms with Crippen molar-refractivity contribution < 1.29 is 9.59 Å². The zero-order chi connectivity index (χ0) is 18.0. The number of carbonyl (C=O) groups is 2. The Morgan fingerprint density at radius 2 is 1.80 bits per heavy atom. The van der Waals surface area contributed by atoms with Crippen LogP contribution in [0, 0.1) is 20.8 Å². The third-order valence-electron chi connectivity index (χ3n) is 3.96. The van der Waals surface area contributed by atoms with Crippen molar-refractivity contribution >= 4 is 23.0 Å². The molecule has 0 aliphatic carbocycles. The number of rotatable bonds is 5. The summed E-state index contributed by atoms with van der Waals surface area (Å²) < 4.78 is 1.65. The van der Waals surface area contributed by atoms with E-state index >= 15 is 0 Å². The van der Waals surface area contributed by atoms with Crippen LogP contribution >= 0.6 is 0 Å². The lowest BCUT2D eigenvalue weighted by Crippen LogP contribution is -2.14. The molecule has 128 valence electrons. The van der Waals surface area contributed by atoms with E-state index in [1.807, 2.05) is 39.0 Å². The molecule has 0 spiro atoms. The Labute approximate surface area is 145 Å². The number of amides is 1. The number of aryl methyl sites for hydroxylation is 3. The van der Waals surface area contributed by atoms with Gasteiger partial charge in [-0.05, 0) is 32.4 Å². The average Bonchev–Trinajstić information content (AvgIpc) is 2.94. The van der Waals surface area contributed by atoms with Crippen molar-refractivity contribution in [2.24, 2.45) is 0 Å². The van der Waals surface area contributed by atoms with Gasteiger partial charge in [0.25, 0.3) is 0 Å². The molecule has 0 aliphatic rings. The molecule has 25 heavy (non-hydrogen) atoms. The maximum atomic E-state index is 12.1. The molecule has 3 aromatic rings. The molecule has 6 heteroatoms. The molecule has 6 nitrogen and oxygen atoms in total. The van der Waals surface area contributed by atoms with Crippen molar-refractivity contribution in [2.45, 2.75) is 33.6 Å². The van der Waals surface area contributed by atoms with E-state index in [4.69, 9.17) is 0 Å². The molecule has 0 bridgehead atoms. The molecular formula is C19H20N4O2. The van der Waals surface area contributed by atoms with Crippen molar-refractivity contribution in [3.63, 3.8) is 0 Å². The van der Waals surface area contributed by atoms with Crippen LogP contribution in [0.3, 0.4) is 0 Å². The van der Waals surface area contributed by atoms with Gasteiger partial charge in [-0.3, -0.25) is 9.59 Å². The van der Waals surface area contributed by atoms with Crippen molar-refractivity contribution in [3.8, 4) is 0 Å². The zero-order valence-corrected chi connectivity index (χ0v) is 14.5. The van der Waals surface area contributed by atoms with Crippen LogP contribution < -0.4 is 5.32 Å². The van der Waals surface area contributed by atoms with Gasteiger partial charge in [0.15, 0.2) is 11.4 Å². The van der Waals surface area contributed by atoms with E-state index in [-0.39, 0.29) is 24.5 Å². The summed E-state index contributed by atoms with van der Waals surface area (Å²) in [6, 6.07) is 9.22. The summed E-state index contributed by atoms with van der Waals surface area (Å²) in [6.07, 6.45) is 2.04. The van der Waals surface area contributed by atoms with Crippen molar-refractivity contribution in [3.05, 3.63) is 59.0 Å². The molecule has 0 saturated carbocycles. The van der Waals surface area contributed by atoms with Crippen molar-refractivity contribution in [1.29, 1.82) is 0 Å². The van der Waals surface area contributed by atoms with Crippen LogP contribution in [0.1, 0.15) is 40.2 Å². The predicted octanol–water partition coefficient (Wildman–Crippen LogP) is 3.26.